The average molecular weight is 372 g/mol. The summed E-state index contributed by atoms with van der Waals surface area (Å²) in [7, 11) is 0. The number of aliphatic hydroxyl groups is 1. The molecule has 0 bridgehead atoms. The summed E-state index contributed by atoms with van der Waals surface area (Å²) in [6.07, 6.45) is 2.59. The second-order valence-corrected chi connectivity index (χ2v) is 7.58. The van der Waals surface area contributed by atoms with Crippen molar-refractivity contribution >= 4 is 23.4 Å². The summed E-state index contributed by atoms with van der Waals surface area (Å²) in [6.45, 7) is 4.64. The highest BCUT2D eigenvalue weighted by Gasteiger charge is 2.47. The van der Waals surface area contributed by atoms with Crippen molar-refractivity contribution in [2.75, 3.05) is 17.2 Å². The van der Waals surface area contributed by atoms with Crippen LogP contribution in [0.15, 0.2) is 30.5 Å². The molecule has 0 radical (unpaired) electrons. The van der Waals surface area contributed by atoms with E-state index in [2.05, 4.69) is 26.7 Å². The van der Waals surface area contributed by atoms with E-state index in [0.29, 0.717) is 35.3 Å². The van der Waals surface area contributed by atoms with Gasteiger partial charge in [-0.2, -0.15) is 10.2 Å². The van der Waals surface area contributed by atoms with Gasteiger partial charge in [0.2, 0.25) is 5.95 Å². The highest BCUT2D eigenvalue weighted by Crippen LogP contribution is 2.42. The molecular weight excluding hydrogens is 350 g/mol. The largest absolute Gasteiger partial charge is 0.392 e. The summed E-state index contributed by atoms with van der Waals surface area (Å²) in [4.78, 5) is 8.64. The van der Waals surface area contributed by atoms with Crippen molar-refractivity contribution in [1.29, 1.82) is 5.26 Å². The first-order chi connectivity index (χ1) is 12.4. The Morgan fingerprint density at radius 2 is 2.23 bits per heavy atom. The van der Waals surface area contributed by atoms with Gasteiger partial charge in [-0.25, -0.2) is 4.98 Å². The first-order valence-electron chi connectivity index (χ1n) is 8.60. The van der Waals surface area contributed by atoms with Gasteiger partial charge in [-0.05, 0) is 30.5 Å². The van der Waals surface area contributed by atoms with Crippen LogP contribution in [0.1, 0.15) is 31.4 Å². The second-order valence-electron chi connectivity index (χ2n) is 7.14. The fourth-order valence-corrected chi connectivity index (χ4v) is 3.20. The van der Waals surface area contributed by atoms with Crippen molar-refractivity contribution in [3.63, 3.8) is 0 Å². The smallest absolute Gasteiger partial charge is 0.224 e. The van der Waals surface area contributed by atoms with E-state index in [9.17, 15) is 10.4 Å². The molecular formula is C19H22ClN5O. The van der Waals surface area contributed by atoms with Crippen LogP contribution in [-0.2, 0) is 6.42 Å². The number of aliphatic hydroxyl groups excluding tert-OH is 1. The lowest BCUT2D eigenvalue weighted by atomic mass is 9.64. The van der Waals surface area contributed by atoms with Gasteiger partial charge >= 0.3 is 0 Å². The number of anilines is 2. The average Bonchev–Trinajstić information content (AvgIpc) is 2.62. The lowest BCUT2D eigenvalue weighted by Gasteiger charge is -2.49. The SMILES string of the molecule is CC1(C)C(Nc2nc(NCCc3cccc(Cl)c3)ncc2C#N)C[C@@H]1O. The van der Waals surface area contributed by atoms with Crippen LogP contribution in [0.25, 0.3) is 0 Å². The summed E-state index contributed by atoms with van der Waals surface area (Å²) in [5.74, 6) is 0.962. The van der Waals surface area contributed by atoms with E-state index >= 15 is 0 Å². The Kier molecular flexibility index (Phi) is 5.30. The fraction of sp³-hybridized carbons (Fsp3) is 0.421. The molecule has 2 aromatic rings. The van der Waals surface area contributed by atoms with Crippen LogP contribution in [0.5, 0.6) is 0 Å². The van der Waals surface area contributed by atoms with Crippen molar-refractivity contribution in [2.45, 2.75) is 38.8 Å². The van der Waals surface area contributed by atoms with Crippen molar-refractivity contribution in [3.8, 4) is 6.07 Å². The summed E-state index contributed by atoms with van der Waals surface area (Å²) in [5.41, 5.74) is 1.27. The second kappa shape index (κ2) is 7.48. The number of benzene rings is 1. The molecule has 3 N–H and O–H groups in total. The molecule has 3 rings (SSSR count). The number of halogens is 1. The first-order valence-corrected chi connectivity index (χ1v) is 8.98. The normalized spacial score (nSPS) is 20.7. The lowest BCUT2D eigenvalue weighted by molar-refractivity contribution is -0.0511. The minimum atomic E-state index is -0.345. The molecule has 7 heteroatoms. The number of aromatic nitrogens is 2. The summed E-state index contributed by atoms with van der Waals surface area (Å²) < 4.78 is 0. The Balaban J connectivity index is 1.65. The Hall–Kier alpha value is -2.36. The third-order valence-corrected chi connectivity index (χ3v) is 5.26. The van der Waals surface area contributed by atoms with E-state index in [1.165, 1.54) is 6.20 Å². The molecule has 6 nitrogen and oxygen atoms in total. The molecule has 26 heavy (non-hydrogen) atoms. The first kappa shape index (κ1) is 18.4. The minimum absolute atomic E-state index is 0.0683. The monoisotopic (exact) mass is 371 g/mol. The van der Waals surface area contributed by atoms with Gasteiger partial charge in [0.1, 0.15) is 17.5 Å². The number of nitriles is 1. The van der Waals surface area contributed by atoms with Crippen molar-refractivity contribution in [2.24, 2.45) is 5.41 Å². The third-order valence-electron chi connectivity index (χ3n) is 5.02. The maximum Gasteiger partial charge on any atom is 0.224 e. The molecule has 1 aliphatic rings. The molecule has 0 saturated heterocycles. The van der Waals surface area contributed by atoms with E-state index < -0.39 is 0 Å². The predicted molar refractivity (Wildman–Crippen MR) is 102 cm³/mol. The number of hydrogen-bond acceptors (Lipinski definition) is 6. The third kappa shape index (κ3) is 3.90. The molecule has 0 spiro atoms. The molecule has 0 amide bonds. The van der Waals surface area contributed by atoms with Gasteiger partial charge in [0.15, 0.2) is 0 Å². The summed E-state index contributed by atoms with van der Waals surface area (Å²) >= 11 is 5.99. The Morgan fingerprint density at radius 3 is 2.88 bits per heavy atom. The quantitative estimate of drug-likeness (QED) is 0.721. The molecule has 1 aromatic carbocycles. The molecule has 1 unspecified atom stereocenters. The van der Waals surface area contributed by atoms with E-state index in [1.54, 1.807) is 0 Å². The minimum Gasteiger partial charge on any atom is -0.392 e. The van der Waals surface area contributed by atoms with Crippen molar-refractivity contribution in [1.82, 2.24) is 9.97 Å². The van der Waals surface area contributed by atoms with Crippen molar-refractivity contribution in [3.05, 3.63) is 46.6 Å². The maximum atomic E-state index is 9.89. The van der Waals surface area contributed by atoms with Crippen LogP contribution < -0.4 is 10.6 Å². The van der Waals surface area contributed by atoms with Crippen LogP contribution >= 0.6 is 11.6 Å². The maximum absolute atomic E-state index is 9.89. The lowest BCUT2D eigenvalue weighted by Crippen LogP contribution is -2.57. The highest BCUT2D eigenvalue weighted by molar-refractivity contribution is 6.30. The predicted octanol–water partition coefficient (Wildman–Crippen LogP) is 3.23. The molecule has 2 atom stereocenters. The van der Waals surface area contributed by atoms with Gasteiger partial charge in [0.25, 0.3) is 0 Å². The highest BCUT2D eigenvalue weighted by atomic mass is 35.5. The van der Waals surface area contributed by atoms with Gasteiger partial charge < -0.3 is 15.7 Å². The summed E-state index contributed by atoms with van der Waals surface area (Å²) in [5, 5.41) is 26.4. The Morgan fingerprint density at radius 1 is 1.42 bits per heavy atom. The van der Waals surface area contributed by atoms with E-state index in [-0.39, 0.29) is 17.6 Å². The van der Waals surface area contributed by atoms with Gasteiger partial charge in [0, 0.05) is 23.0 Å². The zero-order valence-corrected chi connectivity index (χ0v) is 15.6. The van der Waals surface area contributed by atoms with Crippen LogP contribution in [0, 0.1) is 16.7 Å². The zero-order chi connectivity index (χ0) is 18.7. The zero-order valence-electron chi connectivity index (χ0n) is 14.8. The van der Waals surface area contributed by atoms with Gasteiger partial charge in [-0.1, -0.05) is 37.6 Å². The van der Waals surface area contributed by atoms with Crippen LogP contribution in [0.3, 0.4) is 0 Å². The van der Waals surface area contributed by atoms with Gasteiger partial charge in [0.05, 0.1) is 12.3 Å². The number of nitrogens with zero attached hydrogens (tertiary/aromatic N) is 3. The van der Waals surface area contributed by atoms with E-state index in [0.717, 1.165) is 12.0 Å². The Bertz CT molecular complexity index is 833. The van der Waals surface area contributed by atoms with Crippen LogP contribution in [0.2, 0.25) is 5.02 Å². The molecule has 1 heterocycles. The van der Waals surface area contributed by atoms with E-state index in [4.69, 9.17) is 11.6 Å². The van der Waals surface area contributed by atoms with Crippen molar-refractivity contribution < 1.29 is 5.11 Å². The number of hydrogen-bond donors (Lipinski definition) is 3. The molecule has 1 saturated carbocycles. The van der Waals surface area contributed by atoms with Crippen LogP contribution in [0.4, 0.5) is 11.8 Å². The molecule has 0 aliphatic heterocycles. The number of nitrogens with one attached hydrogen (secondary N) is 2. The van der Waals surface area contributed by atoms with Gasteiger partial charge in [-0.15, -0.1) is 0 Å². The van der Waals surface area contributed by atoms with E-state index in [1.807, 2.05) is 38.1 Å². The van der Waals surface area contributed by atoms with Gasteiger partial charge in [-0.3, -0.25) is 0 Å². The molecule has 1 aromatic heterocycles. The molecule has 136 valence electrons. The molecule has 1 fully saturated rings. The number of rotatable bonds is 6. The fourth-order valence-electron chi connectivity index (χ4n) is 2.98. The van der Waals surface area contributed by atoms with Crippen LogP contribution in [-0.4, -0.2) is 33.8 Å². The Labute approximate surface area is 158 Å². The standard InChI is InChI=1S/C19H22ClN5O/c1-19(2)15(9-16(19)26)24-17-13(10-21)11-23-18(25-17)22-7-6-12-4-3-5-14(20)8-12/h3-5,8,11,15-16,26H,6-7,9H2,1-2H3,(H2,22,23,24,25)/t15?,16-/m0/s1. The topological polar surface area (TPSA) is 93.9 Å². The summed E-state index contributed by atoms with van der Waals surface area (Å²) in [6, 6.07) is 9.90. The molecule has 1 aliphatic carbocycles.